The number of rotatable bonds is 3. The van der Waals surface area contributed by atoms with Crippen LogP contribution in [0.1, 0.15) is 27.4 Å². The van der Waals surface area contributed by atoms with Crippen LogP contribution in [0.5, 0.6) is 0 Å². The van der Waals surface area contributed by atoms with Gasteiger partial charge in [-0.15, -0.1) is 23.7 Å². The van der Waals surface area contributed by atoms with Gasteiger partial charge < -0.3 is 10.2 Å². The summed E-state index contributed by atoms with van der Waals surface area (Å²) in [4.78, 5) is 19.1. The minimum absolute atomic E-state index is 0. The Morgan fingerprint density at radius 3 is 2.50 bits per heavy atom. The first-order chi connectivity index (χ1) is 10.2. The van der Waals surface area contributed by atoms with Gasteiger partial charge in [0.1, 0.15) is 0 Å². The number of nitrogens with zero attached hydrogens (tertiary/aromatic N) is 2. The van der Waals surface area contributed by atoms with Crippen LogP contribution in [0.3, 0.4) is 0 Å². The van der Waals surface area contributed by atoms with Crippen molar-refractivity contribution in [3.05, 3.63) is 21.9 Å². The van der Waals surface area contributed by atoms with Gasteiger partial charge in [0.25, 0.3) is 5.91 Å². The summed E-state index contributed by atoms with van der Waals surface area (Å²) >= 11 is 1.61. The summed E-state index contributed by atoms with van der Waals surface area (Å²) in [5.74, 6) is 1.06. The van der Waals surface area contributed by atoms with Crippen LogP contribution in [-0.2, 0) is 0 Å². The zero-order valence-electron chi connectivity index (χ0n) is 13.2. The van der Waals surface area contributed by atoms with Crippen LogP contribution in [0, 0.1) is 12.8 Å². The second kappa shape index (κ2) is 8.29. The second-order valence-electron chi connectivity index (χ2n) is 6.20. The molecule has 6 heteroatoms. The van der Waals surface area contributed by atoms with Crippen LogP contribution in [0.15, 0.2) is 12.1 Å². The highest BCUT2D eigenvalue weighted by Crippen LogP contribution is 2.19. The smallest absolute Gasteiger partial charge is 0.264 e. The predicted octanol–water partition coefficient (Wildman–Crippen LogP) is 2.24. The minimum Gasteiger partial charge on any atom is -0.335 e. The van der Waals surface area contributed by atoms with Crippen molar-refractivity contribution in [1.82, 2.24) is 15.1 Å². The quantitative estimate of drug-likeness (QED) is 0.914. The normalized spacial score (nSPS) is 20.7. The number of piperazine rings is 1. The van der Waals surface area contributed by atoms with Gasteiger partial charge in [-0.1, -0.05) is 0 Å². The zero-order valence-corrected chi connectivity index (χ0v) is 14.8. The number of thiophene rings is 1. The lowest BCUT2D eigenvalue weighted by molar-refractivity contribution is 0.0613. The van der Waals surface area contributed by atoms with Crippen LogP contribution in [-0.4, -0.2) is 61.5 Å². The Balaban J connectivity index is 0.00000176. The lowest BCUT2D eigenvalue weighted by Gasteiger charge is -2.37. The predicted molar refractivity (Wildman–Crippen MR) is 94.2 cm³/mol. The highest BCUT2D eigenvalue weighted by molar-refractivity contribution is 7.13. The molecule has 2 aliphatic heterocycles. The van der Waals surface area contributed by atoms with E-state index in [2.05, 4.69) is 17.1 Å². The van der Waals surface area contributed by atoms with Crippen LogP contribution in [0.25, 0.3) is 0 Å². The Morgan fingerprint density at radius 1 is 1.23 bits per heavy atom. The Bertz CT molecular complexity index is 479. The number of amides is 1. The fourth-order valence-corrected chi connectivity index (χ4v) is 4.10. The van der Waals surface area contributed by atoms with E-state index in [9.17, 15) is 4.79 Å². The summed E-state index contributed by atoms with van der Waals surface area (Å²) in [6, 6.07) is 4.00. The number of carbonyl (C=O) groups excluding carboxylic acids is 1. The molecule has 1 N–H and O–H groups in total. The summed E-state index contributed by atoms with van der Waals surface area (Å²) in [5.41, 5.74) is 0. The third kappa shape index (κ3) is 4.44. The van der Waals surface area contributed by atoms with E-state index in [0.29, 0.717) is 0 Å². The Kier molecular flexibility index (Phi) is 6.68. The van der Waals surface area contributed by atoms with Crippen molar-refractivity contribution >= 4 is 29.7 Å². The van der Waals surface area contributed by atoms with Gasteiger partial charge in [0.05, 0.1) is 4.88 Å². The van der Waals surface area contributed by atoms with E-state index in [1.165, 1.54) is 37.4 Å². The number of carbonyl (C=O) groups is 1. The van der Waals surface area contributed by atoms with Crippen molar-refractivity contribution in [3.63, 3.8) is 0 Å². The lowest BCUT2D eigenvalue weighted by atomic mass is 9.97. The molecule has 0 spiro atoms. The van der Waals surface area contributed by atoms with Crippen LogP contribution >= 0.6 is 23.7 Å². The largest absolute Gasteiger partial charge is 0.335 e. The number of piperidine rings is 1. The van der Waals surface area contributed by atoms with Crippen LogP contribution < -0.4 is 5.32 Å². The monoisotopic (exact) mass is 343 g/mol. The molecular formula is C16H26ClN3OS. The average molecular weight is 344 g/mol. The number of hydrogen-bond donors (Lipinski definition) is 1. The Hall–Kier alpha value is -0.620. The molecule has 0 aliphatic carbocycles. The standard InChI is InChI=1S/C16H25N3OS.ClH/c1-13-2-3-15(21-13)16(20)19-10-8-18(9-11-19)12-14-4-6-17-7-5-14;/h2-3,14,17H,4-12H2,1H3;1H. The first-order valence-electron chi connectivity index (χ1n) is 8.01. The summed E-state index contributed by atoms with van der Waals surface area (Å²) in [6.45, 7) is 9.41. The van der Waals surface area contributed by atoms with Crippen molar-refractivity contribution in [2.45, 2.75) is 19.8 Å². The molecule has 124 valence electrons. The van der Waals surface area contributed by atoms with Crippen molar-refractivity contribution in [2.75, 3.05) is 45.8 Å². The molecule has 1 aromatic rings. The first-order valence-corrected chi connectivity index (χ1v) is 8.83. The molecule has 1 amide bonds. The summed E-state index contributed by atoms with van der Waals surface area (Å²) in [5, 5.41) is 3.42. The van der Waals surface area contributed by atoms with E-state index in [-0.39, 0.29) is 18.3 Å². The Morgan fingerprint density at radius 2 is 1.91 bits per heavy atom. The maximum atomic E-state index is 12.4. The second-order valence-corrected chi connectivity index (χ2v) is 7.48. The molecule has 2 saturated heterocycles. The summed E-state index contributed by atoms with van der Waals surface area (Å²) < 4.78 is 0. The van der Waals surface area contributed by atoms with Crippen molar-refractivity contribution in [2.24, 2.45) is 5.92 Å². The molecule has 0 radical (unpaired) electrons. The molecule has 4 nitrogen and oxygen atoms in total. The fourth-order valence-electron chi connectivity index (χ4n) is 3.27. The van der Waals surface area contributed by atoms with Gasteiger partial charge >= 0.3 is 0 Å². The molecule has 2 fully saturated rings. The van der Waals surface area contributed by atoms with E-state index in [1.54, 1.807) is 11.3 Å². The van der Waals surface area contributed by atoms with Gasteiger partial charge in [0.15, 0.2) is 0 Å². The van der Waals surface area contributed by atoms with E-state index >= 15 is 0 Å². The van der Waals surface area contributed by atoms with Gasteiger partial charge in [-0.3, -0.25) is 9.69 Å². The molecule has 0 atom stereocenters. The zero-order chi connectivity index (χ0) is 14.7. The molecule has 0 saturated carbocycles. The van der Waals surface area contributed by atoms with E-state index in [0.717, 1.165) is 37.0 Å². The lowest BCUT2D eigenvalue weighted by Crippen LogP contribution is -2.50. The maximum absolute atomic E-state index is 12.4. The molecule has 22 heavy (non-hydrogen) atoms. The summed E-state index contributed by atoms with van der Waals surface area (Å²) in [7, 11) is 0. The van der Waals surface area contributed by atoms with Crippen molar-refractivity contribution < 1.29 is 4.79 Å². The molecule has 3 rings (SSSR count). The third-order valence-corrected chi connectivity index (χ3v) is 5.57. The van der Waals surface area contributed by atoms with E-state index in [4.69, 9.17) is 0 Å². The minimum atomic E-state index is 0. The first kappa shape index (κ1) is 17.7. The van der Waals surface area contributed by atoms with Crippen LogP contribution in [0.4, 0.5) is 0 Å². The molecular weight excluding hydrogens is 318 g/mol. The van der Waals surface area contributed by atoms with Gasteiger partial charge in [-0.05, 0) is 50.9 Å². The van der Waals surface area contributed by atoms with Gasteiger partial charge in [-0.25, -0.2) is 0 Å². The fraction of sp³-hybridized carbons (Fsp3) is 0.688. The molecule has 3 heterocycles. The molecule has 1 aromatic heterocycles. The Labute approximate surface area is 143 Å². The number of halogens is 1. The van der Waals surface area contributed by atoms with Crippen molar-refractivity contribution in [3.8, 4) is 0 Å². The molecule has 0 aromatic carbocycles. The van der Waals surface area contributed by atoms with E-state index < -0.39 is 0 Å². The van der Waals surface area contributed by atoms with Crippen molar-refractivity contribution in [1.29, 1.82) is 0 Å². The third-order valence-electron chi connectivity index (χ3n) is 4.59. The van der Waals surface area contributed by atoms with Gasteiger partial charge in [0.2, 0.25) is 0 Å². The van der Waals surface area contributed by atoms with Gasteiger partial charge in [0, 0.05) is 37.6 Å². The highest BCUT2D eigenvalue weighted by atomic mass is 35.5. The number of nitrogens with one attached hydrogen (secondary N) is 1. The van der Waals surface area contributed by atoms with E-state index in [1.807, 2.05) is 17.0 Å². The maximum Gasteiger partial charge on any atom is 0.264 e. The average Bonchev–Trinajstić information content (AvgIpc) is 2.95. The summed E-state index contributed by atoms with van der Waals surface area (Å²) in [6.07, 6.45) is 2.60. The SMILES string of the molecule is Cc1ccc(C(=O)N2CCN(CC3CCNCC3)CC2)s1.Cl. The molecule has 2 aliphatic rings. The highest BCUT2D eigenvalue weighted by Gasteiger charge is 2.24. The molecule has 0 bridgehead atoms. The number of hydrogen-bond acceptors (Lipinski definition) is 4. The number of aryl methyl sites for hydroxylation is 1. The topological polar surface area (TPSA) is 35.6 Å². The van der Waals surface area contributed by atoms with Gasteiger partial charge in [-0.2, -0.15) is 0 Å². The molecule has 0 unspecified atom stereocenters. The van der Waals surface area contributed by atoms with Crippen LogP contribution in [0.2, 0.25) is 0 Å².